The van der Waals surface area contributed by atoms with Gasteiger partial charge in [-0.2, -0.15) is 0 Å². The van der Waals surface area contributed by atoms with Gasteiger partial charge in [0.15, 0.2) is 11.6 Å². The molecule has 0 saturated heterocycles. The highest BCUT2D eigenvalue weighted by atomic mass is 19.2. The number of carbonyl (C=O) groups excluding carboxylic acids is 1. The number of anilines is 1. The van der Waals surface area contributed by atoms with Crippen LogP contribution in [0.5, 0.6) is 0 Å². The number of aryl methyl sites for hydroxylation is 1. The van der Waals surface area contributed by atoms with E-state index in [2.05, 4.69) is 4.98 Å². The highest BCUT2D eigenvalue weighted by Gasteiger charge is 2.28. The molecule has 2 heterocycles. The van der Waals surface area contributed by atoms with E-state index in [1.807, 2.05) is 13.0 Å². The van der Waals surface area contributed by atoms with Gasteiger partial charge in [0.1, 0.15) is 0 Å². The van der Waals surface area contributed by atoms with Crippen molar-refractivity contribution in [1.29, 1.82) is 0 Å². The summed E-state index contributed by atoms with van der Waals surface area (Å²) in [5.74, 6) is -2.23. The first kappa shape index (κ1) is 12.7. The standard InChI is InChI=1S/C15H12F2N2O/c1-9-2-4-18-8-14(9)19-5-3-10-6-12(16)13(17)7-11(10)15(19)20/h2,4,6-8H,3,5H2,1H3. The lowest BCUT2D eigenvalue weighted by atomic mass is 9.98. The topological polar surface area (TPSA) is 33.2 Å². The number of hydrogen-bond donors (Lipinski definition) is 0. The van der Waals surface area contributed by atoms with Gasteiger partial charge in [-0.15, -0.1) is 0 Å². The Morgan fingerprint density at radius 2 is 2.00 bits per heavy atom. The molecule has 0 spiro atoms. The molecule has 0 saturated carbocycles. The zero-order valence-electron chi connectivity index (χ0n) is 10.9. The van der Waals surface area contributed by atoms with Crippen molar-refractivity contribution in [3.05, 3.63) is 58.9 Å². The maximum absolute atomic E-state index is 13.3. The van der Waals surface area contributed by atoms with E-state index in [9.17, 15) is 13.6 Å². The molecule has 3 rings (SSSR count). The number of nitrogens with zero attached hydrogens (tertiary/aromatic N) is 2. The maximum Gasteiger partial charge on any atom is 0.258 e. The van der Waals surface area contributed by atoms with Crippen molar-refractivity contribution in [3.8, 4) is 0 Å². The van der Waals surface area contributed by atoms with E-state index in [0.29, 0.717) is 24.2 Å². The van der Waals surface area contributed by atoms with Gasteiger partial charge in [0.05, 0.1) is 11.9 Å². The monoisotopic (exact) mass is 274 g/mol. The van der Waals surface area contributed by atoms with Crippen LogP contribution in [-0.4, -0.2) is 17.4 Å². The molecule has 20 heavy (non-hydrogen) atoms. The molecule has 0 unspecified atom stereocenters. The molecule has 1 aliphatic rings. The third-order valence-corrected chi connectivity index (χ3v) is 3.53. The van der Waals surface area contributed by atoms with E-state index in [0.717, 1.165) is 17.7 Å². The van der Waals surface area contributed by atoms with Gasteiger partial charge in [-0.1, -0.05) is 0 Å². The first-order valence-corrected chi connectivity index (χ1v) is 6.28. The number of amides is 1. The summed E-state index contributed by atoms with van der Waals surface area (Å²) in [6, 6.07) is 3.89. The van der Waals surface area contributed by atoms with Crippen LogP contribution in [0.15, 0.2) is 30.6 Å². The Hall–Kier alpha value is -2.30. The molecule has 0 atom stereocenters. The van der Waals surface area contributed by atoms with Crippen molar-refractivity contribution < 1.29 is 13.6 Å². The Morgan fingerprint density at radius 1 is 1.25 bits per heavy atom. The van der Waals surface area contributed by atoms with Crippen LogP contribution in [0.25, 0.3) is 0 Å². The van der Waals surface area contributed by atoms with Gasteiger partial charge in [0.2, 0.25) is 0 Å². The summed E-state index contributed by atoms with van der Waals surface area (Å²) in [5, 5.41) is 0. The number of fused-ring (bicyclic) bond motifs is 1. The lowest BCUT2D eigenvalue weighted by molar-refractivity contribution is 0.0979. The molecule has 5 heteroatoms. The number of halogens is 2. The summed E-state index contributed by atoms with van der Waals surface area (Å²) < 4.78 is 26.5. The molecule has 0 fully saturated rings. The van der Waals surface area contributed by atoms with Crippen LogP contribution in [0.4, 0.5) is 14.5 Å². The minimum absolute atomic E-state index is 0.221. The van der Waals surface area contributed by atoms with Gasteiger partial charge in [-0.25, -0.2) is 8.78 Å². The van der Waals surface area contributed by atoms with Crippen LogP contribution in [0.2, 0.25) is 0 Å². The lowest BCUT2D eigenvalue weighted by Crippen LogP contribution is -2.38. The van der Waals surface area contributed by atoms with Gasteiger partial charge in [-0.3, -0.25) is 9.78 Å². The van der Waals surface area contributed by atoms with Gasteiger partial charge < -0.3 is 4.90 Å². The minimum Gasteiger partial charge on any atom is -0.306 e. The molecule has 102 valence electrons. The van der Waals surface area contributed by atoms with Crippen molar-refractivity contribution in [1.82, 2.24) is 4.98 Å². The van der Waals surface area contributed by atoms with E-state index in [-0.39, 0.29) is 11.5 Å². The summed E-state index contributed by atoms with van der Waals surface area (Å²) in [6.45, 7) is 2.31. The van der Waals surface area contributed by atoms with Gasteiger partial charge in [0.25, 0.3) is 5.91 Å². The predicted octanol–water partition coefficient (Wildman–Crippen LogP) is 2.87. The molecular formula is C15H12F2N2O. The number of hydrogen-bond acceptors (Lipinski definition) is 2. The van der Waals surface area contributed by atoms with Crippen molar-refractivity contribution in [2.24, 2.45) is 0 Å². The SMILES string of the molecule is Cc1ccncc1N1CCc2cc(F)c(F)cc2C1=O. The zero-order valence-corrected chi connectivity index (χ0v) is 10.9. The molecule has 1 aromatic heterocycles. The average Bonchev–Trinajstić information content (AvgIpc) is 2.43. The van der Waals surface area contributed by atoms with Crippen molar-refractivity contribution >= 4 is 11.6 Å². The normalized spacial score (nSPS) is 14.3. The molecule has 0 bridgehead atoms. The third kappa shape index (κ3) is 1.95. The zero-order chi connectivity index (χ0) is 14.3. The van der Waals surface area contributed by atoms with Gasteiger partial charge in [0, 0.05) is 18.3 Å². The second-order valence-corrected chi connectivity index (χ2v) is 4.79. The fourth-order valence-corrected chi connectivity index (χ4v) is 2.44. The fourth-order valence-electron chi connectivity index (χ4n) is 2.44. The molecule has 3 nitrogen and oxygen atoms in total. The Kier molecular flexibility index (Phi) is 2.97. The highest BCUT2D eigenvalue weighted by molar-refractivity contribution is 6.08. The third-order valence-electron chi connectivity index (χ3n) is 3.53. The summed E-state index contributed by atoms with van der Waals surface area (Å²) in [7, 11) is 0. The van der Waals surface area contributed by atoms with Crippen LogP contribution in [0, 0.1) is 18.6 Å². The van der Waals surface area contributed by atoms with Gasteiger partial charge >= 0.3 is 0 Å². The summed E-state index contributed by atoms with van der Waals surface area (Å²) in [6.07, 6.45) is 3.75. The Morgan fingerprint density at radius 3 is 2.75 bits per heavy atom. The molecule has 1 aromatic carbocycles. The number of benzene rings is 1. The van der Waals surface area contributed by atoms with Crippen molar-refractivity contribution in [3.63, 3.8) is 0 Å². The average molecular weight is 274 g/mol. The van der Waals surface area contributed by atoms with E-state index in [4.69, 9.17) is 0 Å². The maximum atomic E-state index is 13.3. The molecule has 0 aliphatic carbocycles. The Bertz CT molecular complexity index is 700. The van der Waals surface area contributed by atoms with E-state index in [1.165, 1.54) is 0 Å². The lowest BCUT2D eigenvalue weighted by Gasteiger charge is -2.29. The van der Waals surface area contributed by atoms with E-state index in [1.54, 1.807) is 17.3 Å². The van der Waals surface area contributed by atoms with Gasteiger partial charge in [-0.05, 0) is 42.7 Å². The quantitative estimate of drug-likeness (QED) is 0.801. The minimum atomic E-state index is -0.998. The number of carbonyl (C=O) groups is 1. The Labute approximate surface area is 114 Å². The number of rotatable bonds is 1. The first-order chi connectivity index (χ1) is 9.58. The summed E-state index contributed by atoms with van der Waals surface area (Å²) in [5.41, 5.74) is 2.39. The smallest absolute Gasteiger partial charge is 0.258 e. The van der Waals surface area contributed by atoms with Crippen LogP contribution in [-0.2, 0) is 6.42 Å². The summed E-state index contributed by atoms with van der Waals surface area (Å²) in [4.78, 5) is 18.0. The van der Waals surface area contributed by atoms with E-state index >= 15 is 0 Å². The van der Waals surface area contributed by atoms with Crippen LogP contribution >= 0.6 is 0 Å². The van der Waals surface area contributed by atoms with Crippen molar-refractivity contribution in [2.45, 2.75) is 13.3 Å². The van der Waals surface area contributed by atoms with Crippen LogP contribution < -0.4 is 4.90 Å². The van der Waals surface area contributed by atoms with E-state index < -0.39 is 11.6 Å². The fraction of sp³-hybridized carbons (Fsp3) is 0.200. The summed E-state index contributed by atoms with van der Waals surface area (Å²) >= 11 is 0. The molecule has 1 amide bonds. The molecular weight excluding hydrogens is 262 g/mol. The van der Waals surface area contributed by atoms with Crippen molar-refractivity contribution in [2.75, 3.05) is 11.4 Å². The van der Waals surface area contributed by atoms with Crippen LogP contribution in [0.3, 0.4) is 0 Å². The second-order valence-electron chi connectivity index (χ2n) is 4.79. The highest BCUT2D eigenvalue weighted by Crippen LogP contribution is 2.27. The number of pyridine rings is 1. The molecule has 1 aliphatic heterocycles. The Balaban J connectivity index is 2.05. The first-order valence-electron chi connectivity index (χ1n) is 6.28. The molecule has 0 radical (unpaired) electrons. The van der Waals surface area contributed by atoms with Crippen LogP contribution in [0.1, 0.15) is 21.5 Å². The largest absolute Gasteiger partial charge is 0.306 e. The second kappa shape index (κ2) is 4.67. The molecule has 2 aromatic rings. The predicted molar refractivity (Wildman–Crippen MR) is 70.7 cm³/mol. The number of aromatic nitrogens is 1. The molecule has 0 N–H and O–H groups in total.